The summed E-state index contributed by atoms with van der Waals surface area (Å²) in [5.41, 5.74) is -5.35. The van der Waals surface area contributed by atoms with E-state index in [-0.39, 0.29) is 23.6 Å². The molecule has 0 unspecified atom stereocenters. The van der Waals surface area contributed by atoms with Crippen molar-refractivity contribution < 1.29 is 27.8 Å². The fourth-order valence-corrected chi connectivity index (χ4v) is 2.91. The monoisotopic (exact) mass is 418 g/mol. The Hall–Kier alpha value is -2.75. The van der Waals surface area contributed by atoms with Gasteiger partial charge in [-0.25, -0.2) is 27.3 Å². The van der Waals surface area contributed by atoms with Crippen molar-refractivity contribution in [1.82, 2.24) is 9.13 Å². The van der Waals surface area contributed by atoms with Gasteiger partial charge in [0, 0.05) is 38.9 Å². The molecule has 0 bridgehead atoms. The molecule has 1 fully saturated rings. The molecule has 0 aliphatic heterocycles. The van der Waals surface area contributed by atoms with Crippen LogP contribution in [0, 0.1) is 5.82 Å². The predicted octanol–water partition coefficient (Wildman–Crippen LogP) is 2.44. The van der Waals surface area contributed by atoms with Gasteiger partial charge in [0.05, 0.1) is 16.4 Å². The Bertz CT molecular complexity index is 1100. The van der Waals surface area contributed by atoms with Gasteiger partial charge >= 0.3 is 11.7 Å². The minimum atomic E-state index is -3.47. The number of hydrogen-bond donors (Lipinski definition) is 1. The van der Waals surface area contributed by atoms with E-state index >= 15 is 0 Å². The van der Waals surface area contributed by atoms with E-state index in [9.17, 15) is 32.7 Å². The third-order valence-corrected chi connectivity index (χ3v) is 4.71. The molecule has 1 saturated carbocycles. The van der Waals surface area contributed by atoms with Crippen molar-refractivity contribution in [3.05, 3.63) is 55.6 Å². The summed E-state index contributed by atoms with van der Waals surface area (Å²) >= 11 is 5.90. The van der Waals surface area contributed by atoms with Crippen LogP contribution >= 0.6 is 11.6 Å². The summed E-state index contributed by atoms with van der Waals surface area (Å²) in [6, 6.07) is 2.17. The quantitative estimate of drug-likeness (QED) is 0.805. The van der Waals surface area contributed by atoms with Gasteiger partial charge in [-0.3, -0.25) is 9.36 Å². The molecule has 1 aliphatic carbocycles. The summed E-state index contributed by atoms with van der Waals surface area (Å²) in [6.07, 6.45) is 0.404. The molecule has 11 heteroatoms. The summed E-state index contributed by atoms with van der Waals surface area (Å²) in [5.74, 6) is -6.06. The van der Waals surface area contributed by atoms with Crippen LogP contribution in [0.15, 0.2) is 27.8 Å². The topological polar surface area (TPSA) is 90.5 Å². The van der Waals surface area contributed by atoms with Crippen molar-refractivity contribution in [3.8, 4) is 11.4 Å². The van der Waals surface area contributed by atoms with Crippen molar-refractivity contribution in [2.75, 3.05) is 0 Å². The van der Waals surface area contributed by atoms with Crippen LogP contribution in [0.25, 0.3) is 5.69 Å². The molecule has 1 aliphatic rings. The molecular weight excluding hydrogens is 405 g/mol. The van der Waals surface area contributed by atoms with Crippen molar-refractivity contribution in [2.45, 2.75) is 31.3 Å². The van der Waals surface area contributed by atoms with Crippen molar-refractivity contribution in [1.29, 1.82) is 0 Å². The van der Waals surface area contributed by atoms with Crippen LogP contribution in [-0.4, -0.2) is 25.8 Å². The first-order valence-corrected chi connectivity index (χ1v) is 8.38. The number of aromatic nitrogens is 2. The lowest BCUT2D eigenvalue weighted by Crippen LogP contribution is -2.41. The van der Waals surface area contributed by atoms with Gasteiger partial charge in [0.2, 0.25) is 5.60 Å². The molecule has 1 aromatic carbocycles. The van der Waals surface area contributed by atoms with Gasteiger partial charge in [-0.15, -0.1) is 0 Å². The Balaban J connectivity index is 2.19. The number of aliphatic carboxylic acids is 1. The second-order valence-electron chi connectivity index (χ2n) is 6.57. The standard InChI is InChI=1S/C17H14ClF3N2O5/c1-16(20,21)12-7-13(24)23(15(27)22(12)2)10-6-11(8(18)5-9(10)19)28-17(3-4-17)14(25)26/h5-7H,3-4H2,1-2H3,(H,25,26). The molecule has 150 valence electrons. The summed E-state index contributed by atoms with van der Waals surface area (Å²) < 4.78 is 47.9. The van der Waals surface area contributed by atoms with Crippen LogP contribution in [0.1, 0.15) is 25.5 Å². The molecule has 0 atom stereocenters. The zero-order valence-electron chi connectivity index (χ0n) is 14.6. The smallest absolute Gasteiger partial charge is 0.348 e. The molecule has 0 radical (unpaired) electrons. The number of benzene rings is 1. The zero-order chi connectivity index (χ0) is 21.0. The summed E-state index contributed by atoms with van der Waals surface area (Å²) in [4.78, 5) is 36.0. The highest BCUT2D eigenvalue weighted by Gasteiger charge is 2.53. The largest absolute Gasteiger partial charge is 0.478 e. The number of halogens is 4. The lowest BCUT2D eigenvalue weighted by Gasteiger charge is -2.18. The fraction of sp³-hybridized carbons (Fsp3) is 0.353. The maximum atomic E-state index is 14.4. The van der Waals surface area contributed by atoms with E-state index in [1.807, 2.05) is 0 Å². The second-order valence-corrected chi connectivity index (χ2v) is 6.98. The van der Waals surface area contributed by atoms with Gasteiger partial charge in [0.1, 0.15) is 11.6 Å². The number of carboxylic acid groups (broad SMARTS) is 1. The van der Waals surface area contributed by atoms with Gasteiger partial charge < -0.3 is 9.84 Å². The molecule has 1 aromatic heterocycles. The first kappa shape index (κ1) is 20.0. The molecule has 1 N–H and O–H groups in total. The van der Waals surface area contributed by atoms with E-state index in [1.54, 1.807) is 0 Å². The lowest BCUT2D eigenvalue weighted by molar-refractivity contribution is -0.147. The number of ether oxygens (including phenoxy) is 1. The third-order valence-electron chi connectivity index (χ3n) is 4.41. The van der Waals surface area contributed by atoms with Crippen LogP contribution < -0.4 is 16.0 Å². The Labute approximate surface area is 160 Å². The second kappa shape index (κ2) is 6.40. The Morgan fingerprint density at radius 3 is 2.39 bits per heavy atom. The van der Waals surface area contributed by atoms with Crippen LogP contribution in [0.5, 0.6) is 5.75 Å². The minimum Gasteiger partial charge on any atom is -0.478 e. The molecule has 0 saturated heterocycles. The van der Waals surface area contributed by atoms with Gasteiger partial charge in [0.25, 0.3) is 11.5 Å². The first-order chi connectivity index (χ1) is 12.9. The first-order valence-electron chi connectivity index (χ1n) is 8.00. The normalized spacial score (nSPS) is 15.4. The SMILES string of the molecule is Cn1c(C(C)(F)F)cc(=O)n(-c2cc(OC3(C(=O)O)CC3)c(Cl)cc2F)c1=O. The molecule has 3 rings (SSSR count). The third kappa shape index (κ3) is 3.28. The fourth-order valence-electron chi connectivity index (χ4n) is 2.72. The predicted molar refractivity (Wildman–Crippen MR) is 92.0 cm³/mol. The van der Waals surface area contributed by atoms with Crippen LogP contribution in [-0.2, 0) is 17.8 Å². The highest BCUT2D eigenvalue weighted by Crippen LogP contribution is 2.43. The number of hydrogen-bond acceptors (Lipinski definition) is 4. The van der Waals surface area contributed by atoms with E-state index in [0.29, 0.717) is 22.1 Å². The van der Waals surface area contributed by atoms with Gasteiger partial charge in [0.15, 0.2) is 0 Å². The maximum Gasteiger partial charge on any atom is 0.348 e. The van der Waals surface area contributed by atoms with Gasteiger partial charge in [-0.1, -0.05) is 11.6 Å². The lowest BCUT2D eigenvalue weighted by atomic mass is 10.2. The molecule has 28 heavy (non-hydrogen) atoms. The Morgan fingerprint density at radius 2 is 1.89 bits per heavy atom. The Kier molecular flexibility index (Phi) is 4.57. The van der Waals surface area contributed by atoms with Crippen molar-refractivity contribution >= 4 is 17.6 Å². The van der Waals surface area contributed by atoms with Crippen LogP contribution in [0.2, 0.25) is 5.02 Å². The number of rotatable bonds is 5. The highest BCUT2D eigenvalue weighted by molar-refractivity contribution is 6.32. The Morgan fingerprint density at radius 1 is 1.29 bits per heavy atom. The van der Waals surface area contributed by atoms with E-state index in [1.165, 1.54) is 0 Å². The van der Waals surface area contributed by atoms with Crippen molar-refractivity contribution in [3.63, 3.8) is 0 Å². The van der Waals surface area contributed by atoms with E-state index < -0.39 is 45.9 Å². The number of nitrogens with zero attached hydrogens (tertiary/aromatic N) is 2. The highest BCUT2D eigenvalue weighted by atomic mass is 35.5. The maximum absolute atomic E-state index is 14.4. The summed E-state index contributed by atoms with van der Waals surface area (Å²) in [7, 11) is 1.01. The molecule has 2 aromatic rings. The molecule has 1 heterocycles. The average Bonchev–Trinajstić information content (AvgIpc) is 3.35. The number of carbonyl (C=O) groups is 1. The number of carboxylic acids is 1. The molecule has 7 nitrogen and oxygen atoms in total. The van der Waals surface area contributed by atoms with E-state index in [4.69, 9.17) is 16.3 Å². The van der Waals surface area contributed by atoms with Crippen LogP contribution in [0.3, 0.4) is 0 Å². The average molecular weight is 419 g/mol. The molecular formula is C17H14ClF3N2O5. The van der Waals surface area contributed by atoms with Crippen molar-refractivity contribution in [2.24, 2.45) is 7.05 Å². The van der Waals surface area contributed by atoms with Gasteiger partial charge in [-0.2, -0.15) is 0 Å². The molecule has 0 spiro atoms. The van der Waals surface area contributed by atoms with E-state index in [2.05, 4.69) is 0 Å². The summed E-state index contributed by atoms with van der Waals surface area (Å²) in [6.45, 7) is 0.515. The van der Waals surface area contributed by atoms with Crippen LogP contribution in [0.4, 0.5) is 13.2 Å². The zero-order valence-corrected chi connectivity index (χ0v) is 15.4. The van der Waals surface area contributed by atoms with Gasteiger partial charge in [-0.05, 0) is 6.07 Å². The molecule has 0 amide bonds. The minimum absolute atomic E-state index is 0.202. The van der Waals surface area contributed by atoms with E-state index in [0.717, 1.165) is 19.2 Å². The summed E-state index contributed by atoms with van der Waals surface area (Å²) in [5, 5.41) is 8.94. The number of alkyl halides is 2.